The minimum absolute atomic E-state index is 0.293. The molecule has 34 heavy (non-hydrogen) atoms. The molecule has 0 radical (unpaired) electrons. The van der Waals surface area contributed by atoms with Gasteiger partial charge in [-0.15, -0.1) is 0 Å². The maximum atomic E-state index is 11.8. The van der Waals surface area contributed by atoms with Crippen LogP contribution in [0.5, 0.6) is 11.5 Å². The standard InChI is InChI=1S/C26H25N5O3/c1-15(2)31-14-18(13-30-31)17-5-8-20-22(11-17)29-10-9-23(20)34-19-6-3-16(4-7-19)21-12-26(21,24(27)32)25(28)33/h3-11,13-15,21H,12H2,1-2H3,(H2,27,32)(H2,28,33). The number of carbonyl (C=O) groups excluding carboxylic acids is 2. The maximum absolute atomic E-state index is 11.8. The number of nitrogens with zero attached hydrogens (tertiary/aromatic N) is 3. The number of benzene rings is 2. The Labute approximate surface area is 196 Å². The SMILES string of the molecule is CC(C)n1cc(-c2ccc3c(Oc4ccc(C5CC5(C(N)=O)C(N)=O)cc4)ccnc3c2)cn1. The van der Waals surface area contributed by atoms with Gasteiger partial charge in [-0.2, -0.15) is 5.10 Å². The predicted octanol–water partition coefficient (Wildman–Crippen LogP) is 3.92. The van der Waals surface area contributed by atoms with Gasteiger partial charge in [-0.05, 0) is 61.7 Å². The molecule has 4 aromatic rings. The zero-order valence-electron chi connectivity index (χ0n) is 18.9. The van der Waals surface area contributed by atoms with E-state index >= 15 is 0 Å². The predicted molar refractivity (Wildman–Crippen MR) is 128 cm³/mol. The first kappa shape index (κ1) is 21.6. The number of aromatic nitrogens is 3. The number of primary amides is 2. The van der Waals surface area contributed by atoms with Crippen LogP contribution in [-0.4, -0.2) is 26.6 Å². The summed E-state index contributed by atoms with van der Waals surface area (Å²) in [6, 6.07) is 15.4. The Morgan fingerprint density at radius 2 is 1.79 bits per heavy atom. The van der Waals surface area contributed by atoms with E-state index < -0.39 is 17.2 Å². The van der Waals surface area contributed by atoms with E-state index in [0.29, 0.717) is 24.0 Å². The van der Waals surface area contributed by atoms with Crippen molar-refractivity contribution in [3.05, 3.63) is 72.7 Å². The van der Waals surface area contributed by atoms with Crippen LogP contribution in [0.2, 0.25) is 0 Å². The zero-order valence-corrected chi connectivity index (χ0v) is 18.9. The largest absolute Gasteiger partial charge is 0.457 e. The summed E-state index contributed by atoms with van der Waals surface area (Å²) in [7, 11) is 0. The summed E-state index contributed by atoms with van der Waals surface area (Å²) in [4.78, 5) is 28.1. The van der Waals surface area contributed by atoms with Gasteiger partial charge in [0.05, 0.1) is 11.7 Å². The fourth-order valence-corrected chi connectivity index (χ4v) is 4.39. The van der Waals surface area contributed by atoms with Crippen molar-refractivity contribution in [1.82, 2.24) is 14.8 Å². The van der Waals surface area contributed by atoms with Gasteiger partial charge in [-0.25, -0.2) is 0 Å². The highest BCUT2D eigenvalue weighted by Crippen LogP contribution is 2.59. The van der Waals surface area contributed by atoms with Crippen molar-refractivity contribution < 1.29 is 14.3 Å². The van der Waals surface area contributed by atoms with Gasteiger partial charge in [0.25, 0.3) is 0 Å². The molecule has 1 saturated carbocycles. The second kappa shape index (κ2) is 7.98. The summed E-state index contributed by atoms with van der Waals surface area (Å²) in [5.41, 5.74) is 13.3. The van der Waals surface area contributed by atoms with Crippen LogP contribution in [0.1, 0.15) is 37.8 Å². The molecule has 4 N–H and O–H groups in total. The van der Waals surface area contributed by atoms with Crippen molar-refractivity contribution in [1.29, 1.82) is 0 Å². The van der Waals surface area contributed by atoms with Gasteiger partial charge in [0, 0.05) is 35.3 Å². The van der Waals surface area contributed by atoms with E-state index in [0.717, 1.165) is 27.6 Å². The number of amides is 2. The highest BCUT2D eigenvalue weighted by Gasteiger charge is 2.64. The lowest BCUT2D eigenvalue weighted by Gasteiger charge is -2.11. The number of hydrogen-bond acceptors (Lipinski definition) is 5. The fraction of sp³-hybridized carbons (Fsp3) is 0.231. The molecule has 1 aliphatic rings. The maximum Gasteiger partial charge on any atom is 0.233 e. The summed E-state index contributed by atoms with van der Waals surface area (Å²) in [6.45, 7) is 4.18. The zero-order chi connectivity index (χ0) is 24.0. The Balaban J connectivity index is 1.38. The van der Waals surface area contributed by atoms with Crippen molar-refractivity contribution in [3.8, 4) is 22.6 Å². The second-order valence-electron chi connectivity index (χ2n) is 8.97. The fourth-order valence-electron chi connectivity index (χ4n) is 4.39. The number of ether oxygens (including phenoxy) is 1. The van der Waals surface area contributed by atoms with Gasteiger partial charge in [0.1, 0.15) is 16.9 Å². The average Bonchev–Trinajstić information content (AvgIpc) is 3.40. The summed E-state index contributed by atoms with van der Waals surface area (Å²) >= 11 is 0. The molecule has 8 heteroatoms. The number of carbonyl (C=O) groups is 2. The molecule has 2 heterocycles. The third-order valence-electron chi connectivity index (χ3n) is 6.52. The molecule has 0 saturated heterocycles. The molecule has 0 spiro atoms. The van der Waals surface area contributed by atoms with Crippen LogP contribution < -0.4 is 16.2 Å². The lowest BCUT2D eigenvalue weighted by molar-refractivity contribution is -0.133. The Bertz CT molecular complexity index is 1390. The number of hydrogen-bond donors (Lipinski definition) is 2. The van der Waals surface area contributed by atoms with Crippen LogP contribution in [0, 0.1) is 5.41 Å². The topological polar surface area (TPSA) is 126 Å². The molecule has 8 nitrogen and oxygen atoms in total. The quantitative estimate of drug-likeness (QED) is 0.409. The van der Waals surface area contributed by atoms with Gasteiger partial charge < -0.3 is 16.2 Å². The first-order valence-electron chi connectivity index (χ1n) is 11.1. The van der Waals surface area contributed by atoms with E-state index in [1.807, 2.05) is 53.5 Å². The highest BCUT2D eigenvalue weighted by molar-refractivity contribution is 6.08. The van der Waals surface area contributed by atoms with Crippen molar-refractivity contribution >= 4 is 22.7 Å². The van der Waals surface area contributed by atoms with Crippen LogP contribution in [-0.2, 0) is 9.59 Å². The van der Waals surface area contributed by atoms with Crippen molar-refractivity contribution in [2.75, 3.05) is 0 Å². The molecule has 0 bridgehead atoms. The molecule has 0 aliphatic heterocycles. The third kappa shape index (κ3) is 3.57. The average molecular weight is 456 g/mol. The van der Waals surface area contributed by atoms with E-state index in [1.54, 1.807) is 18.3 Å². The van der Waals surface area contributed by atoms with Crippen LogP contribution in [0.4, 0.5) is 0 Å². The molecule has 2 aromatic carbocycles. The molecule has 1 aliphatic carbocycles. The van der Waals surface area contributed by atoms with Crippen molar-refractivity contribution in [2.45, 2.75) is 32.2 Å². The smallest absolute Gasteiger partial charge is 0.233 e. The van der Waals surface area contributed by atoms with E-state index in [9.17, 15) is 9.59 Å². The molecule has 2 aromatic heterocycles. The molecular weight excluding hydrogens is 430 g/mol. The highest BCUT2D eigenvalue weighted by atomic mass is 16.5. The number of fused-ring (bicyclic) bond motifs is 1. The van der Waals surface area contributed by atoms with Crippen LogP contribution in [0.15, 0.2) is 67.1 Å². The number of rotatable bonds is 7. The molecule has 5 rings (SSSR count). The molecule has 2 amide bonds. The summed E-state index contributed by atoms with van der Waals surface area (Å²) in [5.74, 6) is -0.342. The molecule has 172 valence electrons. The van der Waals surface area contributed by atoms with Gasteiger partial charge in [0.15, 0.2) is 0 Å². The number of nitrogens with two attached hydrogens (primary N) is 2. The summed E-state index contributed by atoms with van der Waals surface area (Å²) < 4.78 is 8.06. The van der Waals surface area contributed by atoms with Crippen molar-refractivity contribution in [3.63, 3.8) is 0 Å². The normalized spacial score (nSPS) is 16.5. The molecule has 1 atom stereocenters. The van der Waals surface area contributed by atoms with Crippen LogP contribution in [0.25, 0.3) is 22.0 Å². The second-order valence-corrected chi connectivity index (χ2v) is 8.97. The van der Waals surface area contributed by atoms with Gasteiger partial charge >= 0.3 is 0 Å². The monoisotopic (exact) mass is 455 g/mol. The molecule has 1 unspecified atom stereocenters. The lowest BCUT2D eigenvalue weighted by atomic mass is 9.97. The Kier molecular flexibility index (Phi) is 5.08. The Morgan fingerprint density at radius 1 is 1.06 bits per heavy atom. The lowest BCUT2D eigenvalue weighted by Crippen LogP contribution is -2.38. The molecular formula is C26H25N5O3. The molecule has 1 fully saturated rings. The first-order chi connectivity index (χ1) is 16.3. The third-order valence-corrected chi connectivity index (χ3v) is 6.52. The van der Waals surface area contributed by atoms with E-state index in [4.69, 9.17) is 16.2 Å². The summed E-state index contributed by atoms with van der Waals surface area (Å²) in [6.07, 6.45) is 5.93. The Hall–Kier alpha value is -4.20. The van der Waals surface area contributed by atoms with E-state index in [2.05, 4.69) is 23.9 Å². The minimum Gasteiger partial charge on any atom is -0.457 e. The van der Waals surface area contributed by atoms with Crippen molar-refractivity contribution in [2.24, 2.45) is 16.9 Å². The van der Waals surface area contributed by atoms with Crippen LogP contribution in [0.3, 0.4) is 0 Å². The summed E-state index contributed by atoms with van der Waals surface area (Å²) in [5, 5.41) is 5.30. The number of pyridine rings is 1. The van der Waals surface area contributed by atoms with E-state index in [-0.39, 0.29) is 5.92 Å². The van der Waals surface area contributed by atoms with Gasteiger partial charge in [0.2, 0.25) is 11.8 Å². The van der Waals surface area contributed by atoms with E-state index in [1.165, 1.54) is 0 Å². The minimum atomic E-state index is -1.28. The first-order valence-corrected chi connectivity index (χ1v) is 11.1. The Morgan fingerprint density at radius 3 is 2.41 bits per heavy atom. The van der Waals surface area contributed by atoms with Crippen LogP contribution >= 0.6 is 0 Å². The van der Waals surface area contributed by atoms with Gasteiger partial charge in [-0.3, -0.25) is 19.3 Å². The van der Waals surface area contributed by atoms with Gasteiger partial charge in [-0.1, -0.05) is 18.2 Å².